The molecule has 1 saturated heterocycles. The monoisotopic (exact) mass is 597 g/mol. The molecule has 0 radical (unpaired) electrons. The lowest BCUT2D eigenvalue weighted by Crippen LogP contribution is -2.62. The number of aromatic nitrogens is 3. The van der Waals surface area contributed by atoms with Crippen LogP contribution >= 0.6 is 0 Å². The van der Waals surface area contributed by atoms with Gasteiger partial charge in [-0.25, -0.2) is 0 Å². The quantitative estimate of drug-likeness (QED) is 0.138. The molecule has 1 unspecified atom stereocenters. The van der Waals surface area contributed by atoms with Gasteiger partial charge in [-0.3, -0.25) is 23.9 Å². The molecule has 238 valence electrons. The van der Waals surface area contributed by atoms with Crippen molar-refractivity contribution in [3.8, 4) is 0 Å². The average molecular weight is 598 g/mol. The first-order valence-corrected chi connectivity index (χ1v) is 14.8. The molecule has 6 atom stereocenters. The van der Waals surface area contributed by atoms with Crippen LogP contribution in [0.25, 0.3) is 0 Å². The Morgan fingerprint density at radius 2 is 1.45 bits per heavy atom. The molecule has 0 N–H and O–H groups in total. The van der Waals surface area contributed by atoms with E-state index in [1.54, 1.807) is 6.20 Å². The van der Waals surface area contributed by atoms with Crippen LogP contribution in [0.15, 0.2) is 6.20 Å². The predicted octanol–water partition coefficient (Wildman–Crippen LogP) is 3.65. The van der Waals surface area contributed by atoms with Crippen molar-refractivity contribution in [2.24, 2.45) is 5.92 Å². The second kappa shape index (κ2) is 18.5. The molecule has 0 amide bonds. The van der Waals surface area contributed by atoms with E-state index in [0.717, 1.165) is 39.2 Å². The van der Waals surface area contributed by atoms with E-state index in [2.05, 4.69) is 24.2 Å². The first kappa shape index (κ1) is 35.1. The van der Waals surface area contributed by atoms with E-state index in [1.807, 2.05) is 4.68 Å². The summed E-state index contributed by atoms with van der Waals surface area (Å²) in [5.41, 5.74) is 0.517. The fraction of sp³-hybridized carbons (Fsp3) is 0.793. The maximum Gasteiger partial charge on any atom is 0.303 e. The molecule has 2 heterocycles. The van der Waals surface area contributed by atoms with Gasteiger partial charge in [-0.2, -0.15) is 0 Å². The van der Waals surface area contributed by atoms with E-state index >= 15 is 0 Å². The maximum atomic E-state index is 12.0. The van der Waals surface area contributed by atoms with E-state index in [9.17, 15) is 19.2 Å². The van der Waals surface area contributed by atoms with Gasteiger partial charge in [-0.1, -0.05) is 57.6 Å². The molecule has 0 bridgehead atoms. The zero-order chi connectivity index (χ0) is 31.1. The predicted molar refractivity (Wildman–Crippen MR) is 149 cm³/mol. The van der Waals surface area contributed by atoms with E-state index in [0.29, 0.717) is 11.6 Å². The molecule has 13 nitrogen and oxygen atoms in total. The van der Waals surface area contributed by atoms with Crippen LogP contribution in [0.5, 0.6) is 0 Å². The van der Waals surface area contributed by atoms with Gasteiger partial charge in [0, 0.05) is 34.2 Å². The van der Waals surface area contributed by atoms with Gasteiger partial charge < -0.3 is 28.4 Å². The highest BCUT2D eigenvalue weighted by Crippen LogP contribution is 2.30. The van der Waals surface area contributed by atoms with Crippen LogP contribution in [-0.2, 0) is 60.8 Å². The molecule has 0 aliphatic carbocycles. The lowest BCUT2D eigenvalue weighted by Gasteiger charge is -2.43. The highest BCUT2D eigenvalue weighted by molar-refractivity contribution is 5.68. The van der Waals surface area contributed by atoms with E-state index < -0.39 is 54.6 Å². The van der Waals surface area contributed by atoms with Crippen LogP contribution < -0.4 is 0 Å². The standard InChI is InChI=1S/C29H47N3O10/c1-7-9-11-12-14-23(13-10-8-2)15-32-16-24(30-31-32)17-38-29-28(41-22(6)36)27(40-21(5)35)26(39-20(4)34)25(42-29)18-37-19(3)33/h16,23,25-29H,7-15,17-18H2,1-6H3/t23?,25-,26-,27+,28-,29-/m1/s1. The number of unbranched alkanes of at least 4 members (excludes halogenated alkanes) is 4. The molecule has 1 aliphatic rings. The highest BCUT2D eigenvalue weighted by atomic mass is 16.7. The van der Waals surface area contributed by atoms with E-state index in [1.165, 1.54) is 46.5 Å². The van der Waals surface area contributed by atoms with Gasteiger partial charge in [0.1, 0.15) is 18.4 Å². The number of hydrogen-bond donors (Lipinski definition) is 0. The summed E-state index contributed by atoms with van der Waals surface area (Å²) < 4.78 is 35.1. The summed E-state index contributed by atoms with van der Waals surface area (Å²) in [4.78, 5) is 47.4. The zero-order valence-electron chi connectivity index (χ0n) is 25.7. The molecular formula is C29H47N3O10. The second-order valence-electron chi connectivity index (χ2n) is 10.7. The third kappa shape index (κ3) is 12.4. The lowest BCUT2D eigenvalue weighted by atomic mass is 9.95. The van der Waals surface area contributed by atoms with Crippen LogP contribution in [0.1, 0.15) is 98.6 Å². The summed E-state index contributed by atoms with van der Waals surface area (Å²) in [7, 11) is 0. The van der Waals surface area contributed by atoms with Crippen molar-refractivity contribution in [2.45, 2.75) is 137 Å². The molecule has 1 aromatic heterocycles. The SMILES string of the molecule is CCCCCCC(CCCC)Cn1cc(CO[C@@H]2O[C@H](COC(C)=O)[C@@H](OC(C)=O)[C@H](OC(C)=O)[C@H]2OC(C)=O)nn1. The van der Waals surface area contributed by atoms with Crippen LogP contribution in [0.2, 0.25) is 0 Å². The molecule has 0 saturated carbocycles. The van der Waals surface area contributed by atoms with Crippen LogP contribution in [0.4, 0.5) is 0 Å². The average Bonchev–Trinajstić information content (AvgIpc) is 3.36. The number of nitrogens with zero attached hydrogens (tertiary/aromatic N) is 3. The second-order valence-corrected chi connectivity index (χ2v) is 10.7. The molecule has 0 aromatic carbocycles. The third-order valence-corrected chi connectivity index (χ3v) is 6.81. The van der Waals surface area contributed by atoms with Crippen LogP contribution in [0, 0.1) is 5.92 Å². The minimum absolute atomic E-state index is 0.0656. The summed E-state index contributed by atoms with van der Waals surface area (Å²) in [6, 6.07) is 0. The number of esters is 4. The van der Waals surface area contributed by atoms with Crippen molar-refractivity contribution in [1.29, 1.82) is 0 Å². The molecule has 1 fully saturated rings. The number of ether oxygens (including phenoxy) is 6. The third-order valence-electron chi connectivity index (χ3n) is 6.81. The van der Waals surface area contributed by atoms with Crippen molar-refractivity contribution >= 4 is 23.9 Å². The van der Waals surface area contributed by atoms with Gasteiger partial charge >= 0.3 is 23.9 Å². The molecule has 1 aliphatic heterocycles. The molecule has 13 heteroatoms. The maximum absolute atomic E-state index is 12.0. The molecule has 2 rings (SSSR count). The number of rotatable bonds is 18. The molecule has 42 heavy (non-hydrogen) atoms. The number of carbonyl (C=O) groups excluding carboxylic acids is 4. The Labute approximate surface area is 247 Å². The van der Waals surface area contributed by atoms with Crippen molar-refractivity contribution in [2.75, 3.05) is 6.61 Å². The van der Waals surface area contributed by atoms with Crippen molar-refractivity contribution < 1.29 is 47.6 Å². The highest BCUT2D eigenvalue weighted by Gasteiger charge is 2.52. The van der Waals surface area contributed by atoms with Gasteiger partial charge in [0.15, 0.2) is 24.6 Å². The summed E-state index contributed by atoms with van der Waals surface area (Å²) >= 11 is 0. The Kier molecular flexibility index (Phi) is 15.5. The first-order valence-electron chi connectivity index (χ1n) is 14.8. The van der Waals surface area contributed by atoms with Crippen LogP contribution in [0.3, 0.4) is 0 Å². The van der Waals surface area contributed by atoms with Gasteiger partial charge in [-0.15, -0.1) is 5.10 Å². The van der Waals surface area contributed by atoms with Crippen molar-refractivity contribution in [1.82, 2.24) is 15.0 Å². The van der Waals surface area contributed by atoms with E-state index in [4.69, 9.17) is 28.4 Å². The van der Waals surface area contributed by atoms with Gasteiger partial charge in [-0.05, 0) is 18.8 Å². The van der Waals surface area contributed by atoms with Gasteiger partial charge in [0.05, 0.1) is 12.8 Å². The van der Waals surface area contributed by atoms with Crippen molar-refractivity contribution in [3.05, 3.63) is 11.9 Å². The minimum Gasteiger partial charge on any atom is -0.463 e. The number of carbonyl (C=O) groups is 4. The summed E-state index contributed by atoms with van der Waals surface area (Å²) in [6.45, 7) is 9.46. The van der Waals surface area contributed by atoms with Crippen molar-refractivity contribution in [3.63, 3.8) is 0 Å². The minimum atomic E-state index is -1.29. The topological polar surface area (TPSA) is 154 Å². The normalized spacial score (nSPS) is 22.7. The lowest BCUT2D eigenvalue weighted by molar-refractivity contribution is -0.310. The van der Waals surface area contributed by atoms with E-state index in [-0.39, 0.29) is 13.2 Å². The fourth-order valence-electron chi connectivity index (χ4n) is 4.93. The first-order chi connectivity index (χ1) is 20.0. The summed E-state index contributed by atoms with van der Waals surface area (Å²) in [5.74, 6) is -2.21. The Bertz CT molecular complexity index is 1000. The van der Waals surface area contributed by atoms with Crippen LogP contribution in [-0.4, -0.2) is 76.2 Å². The summed E-state index contributed by atoms with van der Waals surface area (Å²) in [6.07, 6.45) is 5.03. The number of hydrogen-bond acceptors (Lipinski definition) is 12. The molecule has 1 aromatic rings. The molecular weight excluding hydrogens is 550 g/mol. The Hall–Kier alpha value is -3.06. The Balaban J connectivity index is 2.20. The Morgan fingerprint density at radius 3 is 2.07 bits per heavy atom. The largest absolute Gasteiger partial charge is 0.463 e. The Morgan fingerprint density at radius 1 is 0.833 bits per heavy atom. The molecule has 0 spiro atoms. The zero-order valence-corrected chi connectivity index (χ0v) is 25.7. The van der Waals surface area contributed by atoms with Gasteiger partial charge in [0.25, 0.3) is 0 Å². The fourth-order valence-corrected chi connectivity index (χ4v) is 4.93. The smallest absolute Gasteiger partial charge is 0.303 e. The summed E-state index contributed by atoms with van der Waals surface area (Å²) in [5, 5.41) is 8.51. The van der Waals surface area contributed by atoms with Gasteiger partial charge in [0.2, 0.25) is 0 Å².